The van der Waals surface area contributed by atoms with Gasteiger partial charge in [0.1, 0.15) is 0 Å². The molecule has 10 heterocycles. The molecule has 0 unspecified atom stereocenters. The van der Waals surface area contributed by atoms with E-state index in [0.717, 1.165) is 95.2 Å². The Bertz CT molecular complexity index is 2360. The first-order chi connectivity index (χ1) is 28.2. The summed E-state index contributed by atoms with van der Waals surface area (Å²) in [4.78, 5) is 46.6. The Balaban J connectivity index is 0.000000142. The van der Waals surface area contributed by atoms with Gasteiger partial charge in [0.2, 0.25) is 0 Å². The maximum absolute atomic E-state index is 13.4. The van der Waals surface area contributed by atoms with Crippen LogP contribution in [0.1, 0.15) is 61.5 Å². The summed E-state index contributed by atoms with van der Waals surface area (Å²) in [5, 5.41) is 6.66. The number of hydrogen-bond acceptors (Lipinski definition) is 11. The van der Waals surface area contributed by atoms with Crippen LogP contribution in [0, 0.1) is 13.8 Å². The average molecular weight is 775 g/mol. The first kappa shape index (κ1) is 38.4. The second-order valence-electron chi connectivity index (χ2n) is 15.3. The molecule has 0 aromatic carbocycles. The van der Waals surface area contributed by atoms with Crippen LogP contribution in [0.4, 0.5) is 27.8 Å². The van der Waals surface area contributed by atoms with Crippen molar-refractivity contribution in [3.63, 3.8) is 0 Å². The predicted octanol–water partition coefficient (Wildman–Crippen LogP) is 7.27. The van der Waals surface area contributed by atoms with Gasteiger partial charge in [0.15, 0.2) is 11.6 Å². The Morgan fingerprint density at radius 1 is 0.724 bits per heavy atom. The van der Waals surface area contributed by atoms with Crippen molar-refractivity contribution in [3.05, 3.63) is 132 Å². The molecule has 4 bridgehead atoms. The Labute approximate surface area is 339 Å². The van der Waals surface area contributed by atoms with Gasteiger partial charge in [-0.05, 0) is 113 Å². The number of nitrogens with two attached hydrogens (primary N) is 1. The number of nitrogens with zero attached hydrogens (tertiary/aromatic N) is 9. The van der Waals surface area contributed by atoms with E-state index in [1.54, 1.807) is 18.6 Å². The summed E-state index contributed by atoms with van der Waals surface area (Å²) < 4.78 is 0. The maximum Gasteiger partial charge on any atom is 0.323 e. The Morgan fingerprint density at radius 2 is 1.34 bits per heavy atom. The second kappa shape index (κ2) is 16.9. The summed E-state index contributed by atoms with van der Waals surface area (Å²) in [5.41, 5.74) is 15.5. The molecular formula is C45H50N12O. The number of urea groups is 1. The molecular weight excluding hydrogens is 725 g/mol. The van der Waals surface area contributed by atoms with Gasteiger partial charge in [-0.2, -0.15) is 0 Å². The van der Waals surface area contributed by atoms with Gasteiger partial charge >= 0.3 is 6.03 Å². The van der Waals surface area contributed by atoms with Crippen LogP contribution >= 0.6 is 0 Å². The number of carbonyl (C=O) groups excluding carboxylic acids is 1. The molecule has 2 saturated heterocycles. The third-order valence-corrected chi connectivity index (χ3v) is 10.9. The Morgan fingerprint density at radius 3 is 1.97 bits per heavy atom. The number of hydrogen-bond donors (Lipinski definition) is 3. The molecule has 4 aliphatic rings. The van der Waals surface area contributed by atoms with Crippen LogP contribution in [0.25, 0.3) is 22.5 Å². The summed E-state index contributed by atoms with van der Waals surface area (Å²) in [6, 6.07) is 28.3. The quantitative estimate of drug-likeness (QED) is 0.162. The highest BCUT2D eigenvalue weighted by atomic mass is 16.2. The van der Waals surface area contributed by atoms with Crippen molar-refractivity contribution in [1.82, 2.24) is 35.2 Å². The summed E-state index contributed by atoms with van der Waals surface area (Å²) >= 11 is 0. The summed E-state index contributed by atoms with van der Waals surface area (Å²) in [6.07, 6.45) is 9.27. The van der Waals surface area contributed by atoms with Crippen molar-refractivity contribution in [1.29, 1.82) is 0 Å². The fraction of sp³-hybridized carbons (Fsp3) is 0.311. The van der Waals surface area contributed by atoms with Crippen LogP contribution in [0.3, 0.4) is 0 Å². The minimum atomic E-state index is -0.187. The lowest BCUT2D eigenvalue weighted by molar-refractivity contribution is 0.241. The third kappa shape index (κ3) is 8.44. The van der Waals surface area contributed by atoms with Crippen molar-refractivity contribution in [3.8, 4) is 22.5 Å². The molecule has 4 aliphatic heterocycles. The van der Waals surface area contributed by atoms with Crippen molar-refractivity contribution in [2.75, 3.05) is 46.2 Å². The maximum atomic E-state index is 13.4. The first-order valence-corrected chi connectivity index (χ1v) is 20.0. The van der Waals surface area contributed by atoms with E-state index in [0.29, 0.717) is 6.04 Å². The molecule has 13 heteroatoms. The molecule has 0 aliphatic carbocycles. The lowest BCUT2D eigenvalue weighted by atomic mass is 10.1. The number of aryl methyl sites for hydroxylation is 2. The molecule has 58 heavy (non-hydrogen) atoms. The van der Waals surface area contributed by atoms with E-state index >= 15 is 0 Å². The standard InChI is InChI=1S/C23H24N6O.C15H16N4.C7H10N2/c1-15-13-17(8-11-24-15)20-6-7-21-22(27-20)29(18-9-12-28(21)14-18)23(30)26-16(2)19-5-3-4-10-25-19;1-10-8-11(4-6-16-10)13-2-3-14-15(18-13)17-12-5-7-19(14)9-12;1-6(8)7-4-2-3-5-9-7/h3-8,10-11,13,16,18H,9,12,14H2,1-2H3,(H,26,30);2-4,6,8,12H,5,7,9H2,1H3,(H,17,18);2-6H,8H2,1H3/t16-,18+;12-;6-/m101/s1. The largest absolute Gasteiger partial charge is 0.366 e. The van der Waals surface area contributed by atoms with E-state index in [9.17, 15) is 4.79 Å². The van der Waals surface area contributed by atoms with Gasteiger partial charge in [-0.25, -0.2) is 14.8 Å². The fourth-order valence-electron chi connectivity index (χ4n) is 7.91. The lowest BCUT2D eigenvalue weighted by Crippen LogP contribution is -2.51. The van der Waals surface area contributed by atoms with Gasteiger partial charge < -0.3 is 26.2 Å². The number of pyridine rings is 6. The number of fused-ring (bicyclic) bond motifs is 8. The van der Waals surface area contributed by atoms with Crippen LogP contribution in [0.15, 0.2) is 110 Å². The number of amides is 2. The molecule has 2 fully saturated rings. The fourth-order valence-corrected chi connectivity index (χ4v) is 7.91. The molecule has 6 aromatic heterocycles. The van der Waals surface area contributed by atoms with Gasteiger partial charge in [0.25, 0.3) is 0 Å². The Hall–Kier alpha value is -6.47. The molecule has 0 saturated carbocycles. The summed E-state index contributed by atoms with van der Waals surface area (Å²) in [5.74, 6) is 1.75. The monoisotopic (exact) mass is 774 g/mol. The van der Waals surface area contributed by atoms with Gasteiger partial charge in [-0.1, -0.05) is 12.1 Å². The molecule has 0 spiro atoms. The smallest absolute Gasteiger partial charge is 0.323 e. The zero-order valence-corrected chi connectivity index (χ0v) is 33.5. The molecule has 13 nitrogen and oxygen atoms in total. The van der Waals surface area contributed by atoms with E-state index < -0.39 is 0 Å². The van der Waals surface area contributed by atoms with Crippen molar-refractivity contribution >= 4 is 29.0 Å². The van der Waals surface area contributed by atoms with Crippen LogP contribution in [0.5, 0.6) is 0 Å². The minimum Gasteiger partial charge on any atom is -0.366 e. The zero-order valence-electron chi connectivity index (χ0n) is 33.5. The van der Waals surface area contributed by atoms with E-state index in [1.165, 1.54) is 12.1 Å². The van der Waals surface area contributed by atoms with Crippen LogP contribution in [-0.4, -0.2) is 74.2 Å². The van der Waals surface area contributed by atoms with Crippen molar-refractivity contribution in [2.45, 2.75) is 64.7 Å². The van der Waals surface area contributed by atoms with Crippen LogP contribution < -0.4 is 31.1 Å². The molecule has 2 amide bonds. The van der Waals surface area contributed by atoms with E-state index in [4.69, 9.17) is 15.7 Å². The SMILES string of the molecule is C[C@@H](N)c1ccccn1.Cc1cc(-c2ccc3c(n2)N(C(=O)N[C@H](C)c2ccccn2)[C@H]2CCN3C2)ccn1.Cc1cc(-c2ccc3c(n2)N[C@H]2CCN3C2)ccn1. The highest BCUT2D eigenvalue weighted by Gasteiger charge is 2.40. The Kier molecular flexibility index (Phi) is 11.2. The summed E-state index contributed by atoms with van der Waals surface area (Å²) in [6.45, 7) is 11.9. The van der Waals surface area contributed by atoms with Gasteiger partial charge in [0, 0.05) is 85.6 Å². The number of aromatic nitrogens is 6. The molecule has 296 valence electrons. The second-order valence-corrected chi connectivity index (χ2v) is 15.3. The highest BCUT2D eigenvalue weighted by molar-refractivity contribution is 5.97. The first-order valence-electron chi connectivity index (χ1n) is 20.0. The number of anilines is 4. The number of carbonyl (C=O) groups is 1. The van der Waals surface area contributed by atoms with E-state index in [1.807, 2.05) is 99.5 Å². The van der Waals surface area contributed by atoms with Crippen molar-refractivity contribution < 1.29 is 4.79 Å². The van der Waals surface area contributed by atoms with E-state index in [2.05, 4.69) is 64.6 Å². The zero-order chi connectivity index (χ0) is 40.2. The predicted molar refractivity (Wildman–Crippen MR) is 230 cm³/mol. The van der Waals surface area contributed by atoms with Crippen molar-refractivity contribution in [2.24, 2.45) is 5.73 Å². The molecule has 10 rings (SSSR count). The lowest BCUT2D eigenvalue weighted by Gasteiger charge is -2.36. The third-order valence-electron chi connectivity index (χ3n) is 10.9. The molecule has 4 atom stereocenters. The number of rotatable bonds is 5. The molecule has 6 aromatic rings. The van der Waals surface area contributed by atoms with Gasteiger partial charge in [-0.15, -0.1) is 0 Å². The topological polar surface area (TPSA) is 154 Å². The molecule has 4 N–H and O–H groups in total. The van der Waals surface area contributed by atoms with Gasteiger partial charge in [-0.3, -0.25) is 24.8 Å². The molecule has 0 radical (unpaired) electrons. The summed E-state index contributed by atoms with van der Waals surface area (Å²) in [7, 11) is 0. The van der Waals surface area contributed by atoms with Crippen LogP contribution in [-0.2, 0) is 0 Å². The van der Waals surface area contributed by atoms with Gasteiger partial charge in [0.05, 0.1) is 46.2 Å². The van der Waals surface area contributed by atoms with E-state index in [-0.39, 0.29) is 24.2 Å². The average Bonchev–Trinajstić information content (AvgIpc) is 3.85. The number of nitrogens with one attached hydrogen (secondary N) is 2. The van der Waals surface area contributed by atoms with Crippen LogP contribution in [0.2, 0.25) is 0 Å². The minimum absolute atomic E-state index is 0.0474. The highest BCUT2D eigenvalue weighted by Crippen LogP contribution is 2.40. The normalized spacial score (nSPS) is 18.0.